The van der Waals surface area contributed by atoms with Gasteiger partial charge < -0.3 is 29.2 Å². The highest BCUT2D eigenvalue weighted by Gasteiger charge is 2.62. The van der Waals surface area contributed by atoms with Gasteiger partial charge in [0.05, 0.1) is 23.4 Å². The topological polar surface area (TPSA) is 216 Å². The molecule has 3 heterocycles. The molecule has 0 spiro atoms. The molecule has 1 saturated carbocycles. The maximum atomic E-state index is 14.6. The van der Waals surface area contributed by atoms with Crippen LogP contribution in [0.2, 0.25) is 0 Å². The Morgan fingerprint density at radius 3 is 2.25 bits per heavy atom. The van der Waals surface area contributed by atoms with Crippen molar-refractivity contribution < 1.29 is 60.1 Å². The third-order valence-electron chi connectivity index (χ3n) is 9.37. The SMILES string of the molecule is CC(C)C(=O)O[C@H]1[C@H](c2ccc3c(N)ncnn23)O[C@](C#N)(COP(=O)(N[C@@H](C)C(=O)OC2CCC(C(F)(F)F)CC2)Oc2ccccc2)[C@H]1OC(=O)C(C)C. The molecule has 1 aromatic carbocycles. The molecule has 304 valence electrons. The molecular weight excluding hydrogens is 764 g/mol. The number of nitrogens with zero attached hydrogens (tertiary/aromatic N) is 4. The van der Waals surface area contributed by atoms with E-state index in [1.165, 1.54) is 29.9 Å². The summed E-state index contributed by atoms with van der Waals surface area (Å²) in [5.74, 6) is -5.23. The standard InChI is InChI=1S/C36H44F3N6O10P/c1-20(2)32(46)52-29-28(26-15-16-27-31(41)42-19-43-45(26)27)54-35(17-40,30(29)53-33(47)21(3)4)18-50-56(49,55-25-9-7-6-8-10-25)44-22(5)34(48)51-24-13-11-23(12-14-24)36(37,38)39/h6-10,15-16,19-24,28-30H,11-14,18H2,1-5H3,(H,44,49)(H2,41,42,43)/t22-,23?,24?,28-,29-,30-,35+,56?/m0/s1. The van der Waals surface area contributed by atoms with E-state index >= 15 is 0 Å². The van der Waals surface area contributed by atoms with Gasteiger partial charge in [-0.2, -0.15) is 28.6 Å². The van der Waals surface area contributed by atoms with Gasteiger partial charge in [-0.05, 0) is 56.9 Å². The van der Waals surface area contributed by atoms with Gasteiger partial charge in [0, 0.05) is 0 Å². The third-order valence-corrected chi connectivity index (χ3v) is 11.0. The summed E-state index contributed by atoms with van der Waals surface area (Å²) in [6.07, 6.45) is -8.99. The molecule has 56 heavy (non-hydrogen) atoms. The number of nitriles is 1. The summed E-state index contributed by atoms with van der Waals surface area (Å²) in [6.45, 7) is 6.58. The second kappa shape index (κ2) is 17.2. The number of nitrogens with two attached hydrogens (primary N) is 1. The van der Waals surface area contributed by atoms with Crippen LogP contribution in [0.15, 0.2) is 48.8 Å². The Bertz CT molecular complexity index is 1970. The fraction of sp³-hybridized carbons (Fsp3) is 0.556. The quantitative estimate of drug-likeness (QED) is 0.115. The molecule has 0 amide bonds. The fourth-order valence-corrected chi connectivity index (χ4v) is 7.73. The van der Waals surface area contributed by atoms with E-state index in [1.807, 2.05) is 6.07 Å². The summed E-state index contributed by atoms with van der Waals surface area (Å²) in [6, 6.07) is 11.4. The number of para-hydroxylation sites is 1. The predicted octanol–water partition coefficient (Wildman–Crippen LogP) is 5.63. The number of nitrogen functional groups attached to an aromatic ring is 1. The number of anilines is 1. The largest absolute Gasteiger partial charge is 0.461 e. The van der Waals surface area contributed by atoms with Gasteiger partial charge in [0.25, 0.3) is 0 Å². The molecule has 2 aliphatic rings. The second-order valence-corrected chi connectivity index (χ2v) is 16.0. The lowest BCUT2D eigenvalue weighted by atomic mass is 9.87. The number of rotatable bonds is 14. The number of carbonyl (C=O) groups excluding carboxylic acids is 3. The Kier molecular flexibility index (Phi) is 13.0. The molecule has 2 aromatic heterocycles. The highest BCUT2D eigenvalue weighted by Crippen LogP contribution is 2.50. The summed E-state index contributed by atoms with van der Waals surface area (Å²) < 4.78 is 90.7. The van der Waals surface area contributed by atoms with Crippen molar-refractivity contribution in [3.8, 4) is 11.8 Å². The molecule has 2 fully saturated rings. The monoisotopic (exact) mass is 808 g/mol. The van der Waals surface area contributed by atoms with Crippen LogP contribution in [0.1, 0.15) is 72.1 Å². The van der Waals surface area contributed by atoms with E-state index < -0.39 is 92.3 Å². The van der Waals surface area contributed by atoms with Crippen LogP contribution in [0.4, 0.5) is 19.0 Å². The van der Waals surface area contributed by atoms with Crippen molar-refractivity contribution >= 4 is 37.0 Å². The highest BCUT2D eigenvalue weighted by atomic mass is 31.2. The van der Waals surface area contributed by atoms with Gasteiger partial charge in [0.1, 0.15) is 48.5 Å². The molecule has 20 heteroatoms. The van der Waals surface area contributed by atoms with Gasteiger partial charge in [-0.15, -0.1) is 0 Å². The summed E-state index contributed by atoms with van der Waals surface area (Å²) in [5, 5.41) is 17.6. The number of ether oxygens (including phenoxy) is 4. The van der Waals surface area contributed by atoms with Crippen LogP contribution in [-0.2, 0) is 42.4 Å². The Balaban J connectivity index is 1.47. The van der Waals surface area contributed by atoms with Crippen LogP contribution in [0.3, 0.4) is 0 Å². The predicted molar refractivity (Wildman–Crippen MR) is 190 cm³/mol. The molecular formula is C36H44F3N6O10P. The minimum absolute atomic E-state index is 0.0187. The lowest BCUT2D eigenvalue weighted by Gasteiger charge is -2.32. The van der Waals surface area contributed by atoms with Crippen molar-refractivity contribution in [3.05, 3.63) is 54.5 Å². The summed E-state index contributed by atoms with van der Waals surface area (Å²) in [4.78, 5) is 43.5. The van der Waals surface area contributed by atoms with Crippen LogP contribution in [0.5, 0.6) is 5.75 Å². The first-order valence-corrected chi connectivity index (χ1v) is 19.5. The maximum absolute atomic E-state index is 14.6. The number of benzene rings is 1. The molecule has 1 saturated heterocycles. The minimum Gasteiger partial charge on any atom is -0.461 e. The number of nitrogens with one attached hydrogen (secondary N) is 1. The van der Waals surface area contributed by atoms with Crippen molar-refractivity contribution in [1.29, 1.82) is 5.26 Å². The zero-order valence-electron chi connectivity index (χ0n) is 31.3. The molecule has 0 bridgehead atoms. The smallest absolute Gasteiger partial charge is 0.459 e. The van der Waals surface area contributed by atoms with Gasteiger partial charge >= 0.3 is 31.8 Å². The summed E-state index contributed by atoms with van der Waals surface area (Å²) in [7, 11) is -4.73. The first-order chi connectivity index (χ1) is 26.4. The Hall–Kier alpha value is -4.76. The van der Waals surface area contributed by atoms with Crippen molar-refractivity contribution in [3.63, 3.8) is 0 Å². The molecule has 16 nitrogen and oxygen atoms in total. The van der Waals surface area contributed by atoms with Gasteiger partial charge in [-0.25, -0.2) is 14.1 Å². The first kappa shape index (κ1) is 42.4. The summed E-state index contributed by atoms with van der Waals surface area (Å²) in [5.41, 5.74) is 4.28. The molecule has 1 aliphatic heterocycles. The third kappa shape index (κ3) is 9.60. The van der Waals surface area contributed by atoms with Crippen LogP contribution in [-0.4, -0.2) is 75.2 Å². The zero-order valence-corrected chi connectivity index (χ0v) is 32.2. The molecule has 3 N–H and O–H groups in total. The number of esters is 3. The van der Waals surface area contributed by atoms with Crippen molar-refractivity contribution in [2.75, 3.05) is 12.3 Å². The van der Waals surface area contributed by atoms with E-state index in [1.54, 1.807) is 58.0 Å². The summed E-state index contributed by atoms with van der Waals surface area (Å²) >= 11 is 0. The van der Waals surface area contributed by atoms with Crippen LogP contribution < -0.4 is 15.3 Å². The van der Waals surface area contributed by atoms with E-state index in [0.717, 1.165) is 0 Å². The zero-order chi connectivity index (χ0) is 41.0. The van der Waals surface area contributed by atoms with E-state index in [0.29, 0.717) is 5.52 Å². The number of halogens is 3. The van der Waals surface area contributed by atoms with Crippen LogP contribution in [0, 0.1) is 29.1 Å². The Morgan fingerprint density at radius 1 is 1.00 bits per heavy atom. The fourth-order valence-electron chi connectivity index (χ4n) is 6.21. The van der Waals surface area contributed by atoms with Crippen LogP contribution >= 0.6 is 7.75 Å². The molecule has 5 rings (SSSR count). The molecule has 6 atom stereocenters. The van der Waals surface area contributed by atoms with Crippen molar-refractivity contribution in [2.45, 2.75) is 103 Å². The lowest BCUT2D eigenvalue weighted by Crippen LogP contribution is -2.50. The number of carbonyl (C=O) groups is 3. The van der Waals surface area contributed by atoms with E-state index in [9.17, 15) is 37.4 Å². The average molecular weight is 809 g/mol. The molecule has 3 aromatic rings. The van der Waals surface area contributed by atoms with Crippen molar-refractivity contribution in [1.82, 2.24) is 19.7 Å². The minimum atomic E-state index is -4.73. The van der Waals surface area contributed by atoms with Gasteiger partial charge in [-0.1, -0.05) is 45.9 Å². The number of alkyl halides is 3. The van der Waals surface area contributed by atoms with Crippen LogP contribution in [0.25, 0.3) is 5.52 Å². The van der Waals surface area contributed by atoms with E-state index in [4.69, 9.17) is 33.7 Å². The average Bonchev–Trinajstić information content (AvgIpc) is 3.71. The number of aromatic nitrogens is 3. The first-order valence-electron chi connectivity index (χ1n) is 18.0. The number of hydrogen-bond donors (Lipinski definition) is 2. The van der Waals surface area contributed by atoms with E-state index in [-0.39, 0.29) is 42.9 Å². The molecule has 1 unspecified atom stereocenters. The highest BCUT2D eigenvalue weighted by molar-refractivity contribution is 7.52. The normalized spacial score (nSPS) is 25.6. The van der Waals surface area contributed by atoms with Crippen molar-refractivity contribution in [2.24, 2.45) is 17.8 Å². The van der Waals surface area contributed by atoms with E-state index in [2.05, 4.69) is 15.2 Å². The maximum Gasteiger partial charge on any atom is 0.459 e. The Labute approximate surface area is 320 Å². The Morgan fingerprint density at radius 2 is 1.64 bits per heavy atom. The van der Waals surface area contributed by atoms with Gasteiger partial charge in [0.2, 0.25) is 5.60 Å². The van der Waals surface area contributed by atoms with Gasteiger partial charge in [-0.3, -0.25) is 18.9 Å². The number of hydrogen-bond acceptors (Lipinski definition) is 14. The number of fused-ring (bicyclic) bond motifs is 1. The van der Waals surface area contributed by atoms with Gasteiger partial charge in [0.15, 0.2) is 18.0 Å². The lowest BCUT2D eigenvalue weighted by molar-refractivity contribution is -0.189. The molecule has 0 radical (unpaired) electrons. The molecule has 1 aliphatic carbocycles. The second-order valence-electron chi connectivity index (χ2n) is 14.3.